The summed E-state index contributed by atoms with van der Waals surface area (Å²) in [5, 5.41) is 22.2. The van der Waals surface area contributed by atoms with Crippen LogP contribution in [0.1, 0.15) is 10.5 Å². The first-order valence-electron chi connectivity index (χ1n) is 6.89. The molecule has 3 rings (SSSR count). The zero-order valence-electron chi connectivity index (χ0n) is 12.9. The van der Waals surface area contributed by atoms with Gasteiger partial charge in [-0.05, 0) is 12.1 Å². The number of nitrogens with one attached hydrogen (secondary N) is 2. The molecule has 0 aliphatic carbocycles. The first-order valence-corrected chi connectivity index (χ1v) is 8.53. The molecule has 3 aromatic rings. The summed E-state index contributed by atoms with van der Waals surface area (Å²) in [6.07, 6.45) is 0. The maximum Gasteiger partial charge on any atom is 0.362 e. The predicted octanol–water partition coefficient (Wildman–Crippen LogP) is 4.01. The number of aromatic nitrogens is 3. The number of ether oxygens (including phenoxy) is 1. The molecular weight excluding hydrogens is 405 g/mol. The van der Waals surface area contributed by atoms with Gasteiger partial charge in [0.05, 0.1) is 27.8 Å². The second-order valence-corrected chi connectivity index (χ2v) is 6.51. The van der Waals surface area contributed by atoms with Crippen molar-refractivity contribution in [2.45, 2.75) is 0 Å². The number of carbonyl (C=O) groups excluding carboxylic acids is 1. The van der Waals surface area contributed by atoms with Crippen LogP contribution in [0.15, 0.2) is 23.6 Å². The number of H-pyrrole nitrogens is 1. The molecular formula is C14H9Cl2N5O4S. The Morgan fingerprint density at radius 2 is 2.15 bits per heavy atom. The van der Waals surface area contributed by atoms with Gasteiger partial charge in [-0.2, -0.15) is 0 Å². The number of carbonyl (C=O) groups is 1. The topological polar surface area (TPSA) is 123 Å². The Morgan fingerprint density at radius 3 is 2.81 bits per heavy atom. The van der Waals surface area contributed by atoms with Crippen LogP contribution in [0, 0.1) is 10.1 Å². The minimum atomic E-state index is -0.762. The lowest BCUT2D eigenvalue weighted by atomic mass is 10.2. The van der Waals surface area contributed by atoms with Crippen molar-refractivity contribution in [2.24, 2.45) is 0 Å². The fourth-order valence-electron chi connectivity index (χ4n) is 2.07. The smallest absolute Gasteiger partial charge is 0.362 e. The minimum Gasteiger partial charge on any atom is -0.475 e. The van der Waals surface area contributed by atoms with Gasteiger partial charge in [0.2, 0.25) is 5.69 Å². The summed E-state index contributed by atoms with van der Waals surface area (Å²) in [7, 11) is 1.22. The first-order chi connectivity index (χ1) is 12.4. The van der Waals surface area contributed by atoms with Crippen LogP contribution in [-0.2, 0) is 0 Å². The lowest BCUT2D eigenvalue weighted by Gasteiger charge is -2.00. The van der Waals surface area contributed by atoms with E-state index < -0.39 is 16.5 Å². The lowest BCUT2D eigenvalue weighted by molar-refractivity contribution is -0.386. The molecule has 12 heteroatoms. The van der Waals surface area contributed by atoms with E-state index in [2.05, 4.69) is 20.5 Å². The number of hydrogen-bond donors (Lipinski definition) is 2. The van der Waals surface area contributed by atoms with E-state index in [4.69, 9.17) is 27.9 Å². The third-order valence-electron chi connectivity index (χ3n) is 3.25. The molecule has 2 heterocycles. The number of rotatable bonds is 5. The van der Waals surface area contributed by atoms with E-state index in [1.54, 1.807) is 23.6 Å². The summed E-state index contributed by atoms with van der Waals surface area (Å²) in [6, 6.07) is 5.02. The molecule has 9 nitrogen and oxygen atoms in total. The summed E-state index contributed by atoms with van der Waals surface area (Å²) < 4.78 is 4.77. The van der Waals surface area contributed by atoms with Gasteiger partial charge in [-0.1, -0.05) is 29.3 Å². The highest BCUT2D eigenvalue weighted by Gasteiger charge is 2.30. The molecule has 0 fully saturated rings. The fourth-order valence-corrected chi connectivity index (χ4v) is 3.08. The Hall–Kier alpha value is -2.69. The number of nitro groups is 1. The normalized spacial score (nSPS) is 10.6. The summed E-state index contributed by atoms with van der Waals surface area (Å²) in [6.45, 7) is 0. The van der Waals surface area contributed by atoms with Crippen molar-refractivity contribution in [3.05, 3.63) is 49.4 Å². The number of hydrogen-bond acceptors (Lipinski definition) is 7. The van der Waals surface area contributed by atoms with Crippen molar-refractivity contribution in [1.82, 2.24) is 15.2 Å². The Bertz CT molecular complexity index is 1000. The Kier molecular flexibility index (Phi) is 5.07. The van der Waals surface area contributed by atoms with E-state index in [-0.39, 0.29) is 16.7 Å². The van der Waals surface area contributed by atoms with Gasteiger partial charge in [-0.25, -0.2) is 4.98 Å². The Morgan fingerprint density at radius 1 is 1.38 bits per heavy atom. The number of anilines is 1. The molecule has 0 bridgehead atoms. The van der Waals surface area contributed by atoms with Crippen LogP contribution in [-0.4, -0.2) is 33.1 Å². The average molecular weight is 414 g/mol. The molecule has 0 spiro atoms. The summed E-state index contributed by atoms with van der Waals surface area (Å²) >= 11 is 13.0. The molecule has 2 N–H and O–H groups in total. The molecule has 2 aromatic heterocycles. The minimum absolute atomic E-state index is 0.249. The number of methoxy groups -OCH3 is 1. The van der Waals surface area contributed by atoms with Gasteiger partial charge in [-0.3, -0.25) is 25.3 Å². The molecule has 0 aliphatic heterocycles. The number of benzene rings is 1. The second-order valence-electron chi connectivity index (χ2n) is 4.83. The van der Waals surface area contributed by atoms with Gasteiger partial charge in [-0.15, -0.1) is 16.4 Å². The third-order valence-corrected chi connectivity index (χ3v) is 4.75. The van der Waals surface area contributed by atoms with Gasteiger partial charge in [0, 0.05) is 10.9 Å². The molecule has 134 valence electrons. The fraction of sp³-hybridized carbons (Fsp3) is 0.0714. The van der Waals surface area contributed by atoms with E-state index in [0.717, 1.165) is 11.3 Å². The second kappa shape index (κ2) is 7.28. The largest absolute Gasteiger partial charge is 0.475 e. The molecule has 1 amide bonds. The molecule has 0 saturated carbocycles. The van der Waals surface area contributed by atoms with Crippen molar-refractivity contribution in [1.29, 1.82) is 0 Å². The predicted molar refractivity (Wildman–Crippen MR) is 97.3 cm³/mol. The third kappa shape index (κ3) is 3.47. The van der Waals surface area contributed by atoms with Crippen molar-refractivity contribution < 1.29 is 14.5 Å². The number of amides is 1. The molecule has 1 aromatic carbocycles. The lowest BCUT2D eigenvalue weighted by Crippen LogP contribution is -2.14. The average Bonchev–Trinajstić information content (AvgIpc) is 3.23. The highest BCUT2D eigenvalue weighted by atomic mass is 35.5. The van der Waals surface area contributed by atoms with Crippen LogP contribution in [0.25, 0.3) is 11.3 Å². The molecule has 0 aliphatic rings. The number of nitrogens with zero attached hydrogens (tertiary/aromatic N) is 3. The number of thiazole rings is 1. The van der Waals surface area contributed by atoms with Crippen molar-refractivity contribution >= 4 is 51.3 Å². The van der Waals surface area contributed by atoms with E-state index in [1.807, 2.05) is 0 Å². The van der Waals surface area contributed by atoms with Crippen molar-refractivity contribution in [2.75, 3.05) is 12.4 Å². The zero-order valence-corrected chi connectivity index (χ0v) is 15.3. The van der Waals surface area contributed by atoms with Gasteiger partial charge >= 0.3 is 11.6 Å². The monoisotopic (exact) mass is 413 g/mol. The van der Waals surface area contributed by atoms with Crippen LogP contribution in [0.5, 0.6) is 5.88 Å². The van der Waals surface area contributed by atoms with E-state index >= 15 is 0 Å². The molecule has 0 atom stereocenters. The van der Waals surface area contributed by atoms with Gasteiger partial charge in [0.1, 0.15) is 0 Å². The first kappa shape index (κ1) is 18.1. The van der Waals surface area contributed by atoms with Crippen LogP contribution < -0.4 is 10.1 Å². The van der Waals surface area contributed by atoms with Crippen molar-refractivity contribution in [3.63, 3.8) is 0 Å². The molecule has 0 radical (unpaired) electrons. The summed E-state index contributed by atoms with van der Waals surface area (Å²) in [5.74, 6) is -1.04. The molecule has 26 heavy (non-hydrogen) atoms. The zero-order chi connectivity index (χ0) is 18.8. The summed E-state index contributed by atoms with van der Waals surface area (Å²) in [4.78, 5) is 26.9. The molecule has 0 saturated heterocycles. The SMILES string of the molecule is COc1n[nH]c(C(=O)Nc2nc(-c3ccc(Cl)c(Cl)c3)cs2)c1[N+](=O)[O-]. The summed E-state index contributed by atoms with van der Waals surface area (Å²) in [5.41, 5.74) is 0.398. The van der Waals surface area contributed by atoms with Crippen molar-refractivity contribution in [3.8, 4) is 17.1 Å². The quantitative estimate of drug-likeness (QED) is 0.480. The Balaban J connectivity index is 1.83. The highest BCUT2D eigenvalue weighted by Crippen LogP contribution is 2.32. The van der Waals surface area contributed by atoms with Gasteiger partial charge < -0.3 is 4.74 Å². The van der Waals surface area contributed by atoms with E-state index in [1.165, 1.54) is 7.11 Å². The van der Waals surface area contributed by atoms with E-state index in [9.17, 15) is 14.9 Å². The maximum atomic E-state index is 12.3. The van der Waals surface area contributed by atoms with Crippen LogP contribution in [0.3, 0.4) is 0 Å². The van der Waals surface area contributed by atoms with E-state index in [0.29, 0.717) is 21.3 Å². The standard InChI is InChI=1S/C14H9Cl2N5O4S/c1-25-13-11(21(23)24)10(19-20-13)12(22)18-14-17-9(5-26-14)6-2-3-7(15)8(16)4-6/h2-5H,1H3,(H,19,20)(H,17,18,22). The van der Waals surface area contributed by atoms with Crippen LogP contribution >= 0.6 is 34.5 Å². The van der Waals surface area contributed by atoms with Crippen LogP contribution in [0.2, 0.25) is 10.0 Å². The number of halogens is 2. The van der Waals surface area contributed by atoms with Gasteiger partial charge in [0.15, 0.2) is 5.13 Å². The Labute approximate surface area is 160 Å². The highest BCUT2D eigenvalue weighted by molar-refractivity contribution is 7.14. The number of aromatic amines is 1. The van der Waals surface area contributed by atoms with Crippen LogP contribution in [0.4, 0.5) is 10.8 Å². The molecule has 0 unspecified atom stereocenters. The van der Waals surface area contributed by atoms with Gasteiger partial charge in [0.25, 0.3) is 5.91 Å². The maximum absolute atomic E-state index is 12.3.